The Labute approximate surface area is 80.6 Å². The molecule has 0 spiro atoms. The molecule has 1 aliphatic heterocycles. The van der Waals surface area contributed by atoms with E-state index in [2.05, 4.69) is 11.0 Å². The van der Waals surface area contributed by atoms with Gasteiger partial charge in [-0.1, -0.05) is 11.6 Å². The third-order valence-corrected chi connectivity index (χ3v) is 3.20. The molecule has 1 aliphatic carbocycles. The van der Waals surface area contributed by atoms with Gasteiger partial charge in [-0.15, -0.1) is 0 Å². The topological polar surface area (TPSA) is 12.5 Å². The van der Waals surface area contributed by atoms with Gasteiger partial charge in [-0.25, -0.2) is 0 Å². The molecule has 1 atom stereocenters. The van der Waals surface area contributed by atoms with E-state index in [0.29, 0.717) is 6.10 Å². The maximum Gasteiger partial charge on any atom is 0.0710 e. The third-order valence-electron chi connectivity index (χ3n) is 3.20. The van der Waals surface area contributed by atoms with E-state index in [9.17, 15) is 0 Å². The fourth-order valence-corrected chi connectivity index (χ4v) is 2.00. The number of rotatable bonds is 3. The number of hydrogen-bond donors (Lipinski definition) is 0. The summed E-state index contributed by atoms with van der Waals surface area (Å²) in [5.41, 5.74) is 1.67. The number of hydrogen-bond acceptors (Lipinski definition) is 2. The predicted octanol–water partition coefficient (Wildman–Crippen LogP) is 1.82. The lowest BCUT2D eigenvalue weighted by Crippen LogP contribution is -2.23. The van der Waals surface area contributed by atoms with Gasteiger partial charge >= 0.3 is 0 Å². The number of methoxy groups -OCH3 is 1. The van der Waals surface area contributed by atoms with Gasteiger partial charge in [0.2, 0.25) is 0 Å². The zero-order chi connectivity index (χ0) is 9.10. The van der Waals surface area contributed by atoms with Crippen molar-refractivity contribution >= 4 is 0 Å². The second-order valence-corrected chi connectivity index (χ2v) is 4.12. The highest BCUT2D eigenvalue weighted by molar-refractivity contribution is 5.10. The molecule has 2 fully saturated rings. The lowest BCUT2D eigenvalue weighted by atomic mass is 9.92. The molecule has 1 saturated carbocycles. The smallest absolute Gasteiger partial charge is 0.0710 e. The normalized spacial score (nSPS) is 29.0. The minimum atomic E-state index is 0.486. The SMILES string of the molecule is CO[C@H]1CCN(CC=C2CCC2)C1. The Kier molecular flexibility index (Phi) is 3.01. The third kappa shape index (κ3) is 2.32. The molecule has 0 aromatic heterocycles. The van der Waals surface area contributed by atoms with Crippen LogP contribution in [0.4, 0.5) is 0 Å². The van der Waals surface area contributed by atoms with E-state index >= 15 is 0 Å². The van der Waals surface area contributed by atoms with Crippen LogP contribution in [0.1, 0.15) is 25.7 Å². The summed E-state index contributed by atoms with van der Waals surface area (Å²) in [6, 6.07) is 0. The monoisotopic (exact) mass is 181 g/mol. The van der Waals surface area contributed by atoms with Crippen LogP contribution in [0.25, 0.3) is 0 Å². The first-order valence-electron chi connectivity index (χ1n) is 5.31. The molecule has 0 aromatic rings. The van der Waals surface area contributed by atoms with Crippen LogP contribution in [0.15, 0.2) is 11.6 Å². The first-order chi connectivity index (χ1) is 6.38. The van der Waals surface area contributed by atoms with Crippen molar-refractivity contribution in [1.82, 2.24) is 4.90 Å². The van der Waals surface area contributed by atoms with E-state index in [1.165, 1.54) is 32.2 Å². The molecular formula is C11H19NO. The first-order valence-corrected chi connectivity index (χ1v) is 5.31. The highest BCUT2D eigenvalue weighted by atomic mass is 16.5. The Morgan fingerprint density at radius 1 is 1.54 bits per heavy atom. The second kappa shape index (κ2) is 4.25. The Morgan fingerprint density at radius 3 is 2.92 bits per heavy atom. The largest absolute Gasteiger partial charge is 0.380 e. The minimum Gasteiger partial charge on any atom is -0.380 e. The summed E-state index contributed by atoms with van der Waals surface area (Å²) in [6.07, 6.45) is 8.22. The summed E-state index contributed by atoms with van der Waals surface area (Å²) in [6.45, 7) is 3.48. The highest BCUT2D eigenvalue weighted by Crippen LogP contribution is 2.25. The molecule has 13 heavy (non-hydrogen) atoms. The highest BCUT2D eigenvalue weighted by Gasteiger charge is 2.21. The van der Waals surface area contributed by atoms with Crippen LogP contribution in [-0.2, 0) is 4.74 Å². The van der Waals surface area contributed by atoms with E-state index in [1.807, 2.05) is 7.11 Å². The number of allylic oxidation sites excluding steroid dienone is 1. The first kappa shape index (κ1) is 9.22. The molecule has 2 aliphatic rings. The van der Waals surface area contributed by atoms with E-state index in [-0.39, 0.29) is 0 Å². The van der Waals surface area contributed by atoms with E-state index in [1.54, 1.807) is 5.57 Å². The van der Waals surface area contributed by atoms with Crippen LogP contribution in [0.3, 0.4) is 0 Å². The molecule has 0 amide bonds. The Morgan fingerprint density at radius 2 is 2.38 bits per heavy atom. The molecule has 2 rings (SSSR count). The number of likely N-dealkylation sites (tertiary alicyclic amines) is 1. The number of ether oxygens (including phenoxy) is 1. The van der Waals surface area contributed by atoms with Gasteiger partial charge in [-0.2, -0.15) is 0 Å². The van der Waals surface area contributed by atoms with Crippen molar-refractivity contribution in [2.75, 3.05) is 26.7 Å². The van der Waals surface area contributed by atoms with E-state index in [4.69, 9.17) is 4.74 Å². The predicted molar refractivity (Wildman–Crippen MR) is 53.8 cm³/mol. The molecule has 0 unspecified atom stereocenters. The molecule has 0 aromatic carbocycles. The maximum absolute atomic E-state index is 5.33. The van der Waals surface area contributed by atoms with Crippen LogP contribution in [0.5, 0.6) is 0 Å². The Bertz CT molecular complexity index is 194. The fraction of sp³-hybridized carbons (Fsp3) is 0.818. The van der Waals surface area contributed by atoms with E-state index < -0.39 is 0 Å². The summed E-state index contributed by atoms with van der Waals surface area (Å²) in [4.78, 5) is 2.49. The van der Waals surface area contributed by atoms with E-state index in [0.717, 1.165) is 13.1 Å². The van der Waals surface area contributed by atoms with Gasteiger partial charge in [-0.05, 0) is 25.7 Å². The van der Waals surface area contributed by atoms with Crippen LogP contribution in [0, 0.1) is 0 Å². The average molecular weight is 181 g/mol. The molecule has 0 radical (unpaired) electrons. The molecule has 2 nitrogen and oxygen atoms in total. The summed E-state index contributed by atoms with van der Waals surface area (Å²) in [7, 11) is 1.82. The van der Waals surface area contributed by atoms with Crippen molar-refractivity contribution in [3.05, 3.63) is 11.6 Å². The molecule has 1 heterocycles. The number of nitrogens with zero attached hydrogens (tertiary/aromatic N) is 1. The molecular weight excluding hydrogens is 162 g/mol. The average Bonchev–Trinajstić information content (AvgIpc) is 2.49. The molecule has 1 saturated heterocycles. The van der Waals surface area contributed by atoms with Crippen LogP contribution in [-0.4, -0.2) is 37.7 Å². The fourth-order valence-electron chi connectivity index (χ4n) is 2.00. The maximum atomic E-state index is 5.33. The lowest BCUT2D eigenvalue weighted by molar-refractivity contribution is 0.109. The Hall–Kier alpha value is -0.340. The van der Waals surface area contributed by atoms with Gasteiger partial charge in [0.15, 0.2) is 0 Å². The van der Waals surface area contributed by atoms with Crippen molar-refractivity contribution in [2.45, 2.75) is 31.8 Å². The summed E-state index contributed by atoms with van der Waals surface area (Å²) >= 11 is 0. The standard InChI is InChI=1S/C11H19NO/c1-13-11-6-8-12(9-11)7-5-10-3-2-4-10/h5,11H,2-4,6-9H2,1H3/t11-/m0/s1. The summed E-state index contributed by atoms with van der Waals surface area (Å²) in [5, 5.41) is 0. The summed E-state index contributed by atoms with van der Waals surface area (Å²) < 4.78 is 5.33. The van der Waals surface area contributed by atoms with Crippen molar-refractivity contribution in [3.63, 3.8) is 0 Å². The minimum absolute atomic E-state index is 0.486. The van der Waals surface area contributed by atoms with Crippen LogP contribution >= 0.6 is 0 Å². The van der Waals surface area contributed by atoms with Gasteiger partial charge in [0.25, 0.3) is 0 Å². The quantitative estimate of drug-likeness (QED) is 0.616. The van der Waals surface area contributed by atoms with Crippen LogP contribution in [0.2, 0.25) is 0 Å². The van der Waals surface area contributed by atoms with Gasteiger partial charge in [-0.3, -0.25) is 4.90 Å². The van der Waals surface area contributed by atoms with Crippen LogP contribution < -0.4 is 0 Å². The second-order valence-electron chi connectivity index (χ2n) is 4.12. The molecule has 2 heteroatoms. The van der Waals surface area contributed by atoms with Gasteiger partial charge in [0.1, 0.15) is 0 Å². The zero-order valence-corrected chi connectivity index (χ0v) is 8.46. The van der Waals surface area contributed by atoms with Gasteiger partial charge < -0.3 is 4.74 Å². The van der Waals surface area contributed by atoms with Crippen molar-refractivity contribution in [1.29, 1.82) is 0 Å². The van der Waals surface area contributed by atoms with Crippen molar-refractivity contribution in [3.8, 4) is 0 Å². The summed E-state index contributed by atoms with van der Waals surface area (Å²) in [5.74, 6) is 0. The lowest BCUT2D eigenvalue weighted by Gasteiger charge is -2.19. The Balaban J connectivity index is 1.71. The van der Waals surface area contributed by atoms with Gasteiger partial charge in [0.05, 0.1) is 6.10 Å². The van der Waals surface area contributed by atoms with Gasteiger partial charge in [0, 0.05) is 26.7 Å². The van der Waals surface area contributed by atoms with Crippen molar-refractivity contribution < 1.29 is 4.74 Å². The molecule has 0 bridgehead atoms. The molecule has 74 valence electrons. The zero-order valence-electron chi connectivity index (χ0n) is 8.46. The van der Waals surface area contributed by atoms with Crippen molar-refractivity contribution in [2.24, 2.45) is 0 Å². The molecule has 0 N–H and O–H groups in total.